The summed E-state index contributed by atoms with van der Waals surface area (Å²) in [5.41, 5.74) is 1.07. The third kappa shape index (κ3) is 2.95. The highest BCUT2D eigenvalue weighted by Gasteiger charge is 2.10. The van der Waals surface area contributed by atoms with Crippen molar-refractivity contribution < 1.29 is 4.79 Å². The van der Waals surface area contributed by atoms with Crippen molar-refractivity contribution in [2.45, 2.75) is 0 Å². The number of benzene rings is 1. The lowest BCUT2D eigenvalue weighted by molar-refractivity contribution is 0.0952. The molecule has 0 fully saturated rings. The van der Waals surface area contributed by atoms with Crippen LogP contribution in [-0.4, -0.2) is 27.4 Å². The Bertz CT molecular complexity index is 564. The van der Waals surface area contributed by atoms with Gasteiger partial charge in [0.05, 0.1) is 18.4 Å². The zero-order chi connectivity index (χ0) is 13.0. The van der Waals surface area contributed by atoms with E-state index in [2.05, 4.69) is 22.2 Å². The van der Waals surface area contributed by atoms with Crippen LogP contribution in [0.15, 0.2) is 48.1 Å². The highest BCUT2D eigenvalue weighted by molar-refractivity contribution is 6.29. The van der Waals surface area contributed by atoms with Crippen LogP contribution < -0.4 is 5.32 Å². The first-order valence-corrected chi connectivity index (χ1v) is 5.64. The molecule has 0 aliphatic carbocycles. The highest BCUT2D eigenvalue weighted by Crippen LogP contribution is 2.05. The molecule has 0 unspecified atom stereocenters. The molecule has 0 radical (unpaired) electrons. The maximum absolute atomic E-state index is 11.7. The van der Waals surface area contributed by atoms with E-state index >= 15 is 0 Å². The predicted octanol–water partition coefficient (Wildman–Crippen LogP) is 1.75. The molecule has 1 heterocycles. The molecule has 0 aliphatic heterocycles. The number of hydrogen-bond donors (Lipinski definition) is 1. The van der Waals surface area contributed by atoms with Gasteiger partial charge in [-0.2, -0.15) is 0 Å². The Hall–Kier alpha value is -2.14. The van der Waals surface area contributed by atoms with Gasteiger partial charge in [-0.05, 0) is 12.1 Å². The Labute approximate surface area is 109 Å². The zero-order valence-corrected chi connectivity index (χ0v) is 10.3. The fraction of sp³-hybridized carbons (Fsp3) is 0.0833. The van der Waals surface area contributed by atoms with E-state index in [1.54, 1.807) is 6.20 Å². The molecular weight excluding hydrogens is 252 g/mol. The minimum Gasteiger partial charge on any atom is -0.346 e. The van der Waals surface area contributed by atoms with Crippen LogP contribution in [0.4, 0.5) is 0 Å². The van der Waals surface area contributed by atoms with E-state index in [0.29, 0.717) is 5.03 Å². The van der Waals surface area contributed by atoms with Crippen molar-refractivity contribution in [1.29, 1.82) is 0 Å². The van der Waals surface area contributed by atoms with Gasteiger partial charge in [0.25, 0.3) is 5.91 Å². The molecule has 5 nitrogen and oxygen atoms in total. The van der Waals surface area contributed by atoms with Gasteiger partial charge in [0, 0.05) is 5.03 Å². The molecule has 0 bridgehead atoms. The van der Waals surface area contributed by atoms with Crippen molar-refractivity contribution in [3.05, 3.63) is 53.8 Å². The summed E-state index contributed by atoms with van der Waals surface area (Å²) in [6.45, 7) is 3.69. The van der Waals surface area contributed by atoms with E-state index < -0.39 is 0 Å². The van der Waals surface area contributed by atoms with Gasteiger partial charge in [-0.15, -0.1) is 5.10 Å². The normalized spacial score (nSPS) is 10.1. The second-order valence-corrected chi connectivity index (χ2v) is 4.12. The molecular formula is C12H11ClN4O. The van der Waals surface area contributed by atoms with Crippen molar-refractivity contribution >= 4 is 17.5 Å². The summed E-state index contributed by atoms with van der Waals surface area (Å²) < 4.78 is 1.53. The number of carbonyl (C=O) groups excluding carboxylic acids is 1. The number of rotatable bonds is 4. The van der Waals surface area contributed by atoms with Crippen molar-refractivity contribution in [3.63, 3.8) is 0 Å². The Kier molecular flexibility index (Phi) is 3.74. The van der Waals surface area contributed by atoms with Gasteiger partial charge < -0.3 is 5.32 Å². The standard InChI is InChI=1S/C12H11ClN4O/c1-9(13)7-14-12(18)11-8-17(16-15-11)10-5-3-2-4-6-10/h2-6,8H,1,7H2,(H,14,18). The summed E-state index contributed by atoms with van der Waals surface area (Å²) in [5, 5.41) is 10.6. The van der Waals surface area contributed by atoms with E-state index in [0.717, 1.165) is 5.69 Å². The molecule has 1 amide bonds. The number of nitrogens with one attached hydrogen (secondary N) is 1. The predicted molar refractivity (Wildman–Crippen MR) is 68.7 cm³/mol. The third-order valence-electron chi connectivity index (χ3n) is 2.19. The second-order valence-electron chi connectivity index (χ2n) is 3.58. The number of para-hydroxylation sites is 1. The van der Waals surface area contributed by atoms with E-state index in [1.807, 2.05) is 30.3 Å². The van der Waals surface area contributed by atoms with E-state index in [1.165, 1.54) is 4.68 Å². The molecule has 0 saturated carbocycles. The smallest absolute Gasteiger partial charge is 0.273 e. The molecule has 1 aromatic carbocycles. The average Bonchev–Trinajstić information content (AvgIpc) is 2.86. The maximum atomic E-state index is 11.7. The SMILES string of the molecule is C=C(Cl)CNC(=O)c1cn(-c2ccccc2)nn1. The number of nitrogens with zero attached hydrogens (tertiary/aromatic N) is 3. The summed E-state index contributed by atoms with van der Waals surface area (Å²) in [4.78, 5) is 11.7. The van der Waals surface area contributed by atoms with Crippen molar-refractivity contribution in [2.24, 2.45) is 0 Å². The van der Waals surface area contributed by atoms with Crippen LogP contribution in [0, 0.1) is 0 Å². The van der Waals surface area contributed by atoms with Gasteiger partial charge >= 0.3 is 0 Å². The molecule has 2 aromatic rings. The molecule has 92 valence electrons. The van der Waals surface area contributed by atoms with Crippen LogP contribution in [-0.2, 0) is 0 Å². The molecule has 2 rings (SSSR count). The molecule has 1 aromatic heterocycles. The number of halogens is 1. The van der Waals surface area contributed by atoms with E-state index in [-0.39, 0.29) is 18.1 Å². The minimum atomic E-state index is -0.334. The summed E-state index contributed by atoms with van der Waals surface area (Å²) in [6, 6.07) is 9.41. The van der Waals surface area contributed by atoms with Gasteiger partial charge in [-0.1, -0.05) is 41.6 Å². The largest absolute Gasteiger partial charge is 0.346 e. The Balaban J connectivity index is 2.11. The van der Waals surface area contributed by atoms with Crippen LogP contribution in [0.5, 0.6) is 0 Å². The topological polar surface area (TPSA) is 59.8 Å². The zero-order valence-electron chi connectivity index (χ0n) is 9.51. The first-order valence-electron chi connectivity index (χ1n) is 5.26. The minimum absolute atomic E-state index is 0.207. The van der Waals surface area contributed by atoms with Gasteiger partial charge in [0.1, 0.15) is 0 Å². The fourth-order valence-electron chi connectivity index (χ4n) is 1.34. The third-order valence-corrected chi connectivity index (χ3v) is 2.32. The summed E-state index contributed by atoms with van der Waals surface area (Å²) >= 11 is 5.56. The van der Waals surface area contributed by atoms with Crippen LogP contribution in [0.3, 0.4) is 0 Å². The summed E-state index contributed by atoms with van der Waals surface area (Å²) in [7, 11) is 0. The Morgan fingerprint density at radius 2 is 2.11 bits per heavy atom. The number of carbonyl (C=O) groups is 1. The van der Waals surface area contributed by atoms with Crippen molar-refractivity contribution in [3.8, 4) is 5.69 Å². The lowest BCUT2D eigenvalue weighted by atomic mass is 10.3. The van der Waals surface area contributed by atoms with Crippen molar-refractivity contribution in [1.82, 2.24) is 20.3 Å². The van der Waals surface area contributed by atoms with Crippen LogP contribution in [0.2, 0.25) is 0 Å². The maximum Gasteiger partial charge on any atom is 0.273 e. The van der Waals surface area contributed by atoms with Crippen molar-refractivity contribution in [2.75, 3.05) is 6.54 Å². The van der Waals surface area contributed by atoms with Crippen LogP contribution in [0.1, 0.15) is 10.5 Å². The quantitative estimate of drug-likeness (QED) is 0.913. The van der Waals surface area contributed by atoms with Crippen LogP contribution >= 0.6 is 11.6 Å². The number of aromatic nitrogens is 3. The first kappa shape index (κ1) is 12.3. The lowest BCUT2D eigenvalue weighted by Crippen LogP contribution is -2.24. The number of amides is 1. The van der Waals surface area contributed by atoms with Gasteiger partial charge in [0.15, 0.2) is 5.69 Å². The highest BCUT2D eigenvalue weighted by atomic mass is 35.5. The van der Waals surface area contributed by atoms with Gasteiger partial charge in [-0.25, -0.2) is 4.68 Å². The molecule has 0 spiro atoms. The fourth-order valence-corrected chi connectivity index (χ4v) is 1.41. The Morgan fingerprint density at radius 1 is 1.39 bits per heavy atom. The molecule has 6 heteroatoms. The van der Waals surface area contributed by atoms with Crippen LogP contribution in [0.25, 0.3) is 5.69 Å². The van der Waals surface area contributed by atoms with E-state index in [4.69, 9.17) is 11.6 Å². The summed E-state index contributed by atoms with van der Waals surface area (Å²) in [6.07, 6.45) is 1.56. The second kappa shape index (κ2) is 5.46. The monoisotopic (exact) mass is 262 g/mol. The summed E-state index contributed by atoms with van der Waals surface area (Å²) in [5.74, 6) is -0.334. The van der Waals surface area contributed by atoms with Gasteiger partial charge in [-0.3, -0.25) is 4.79 Å². The lowest BCUT2D eigenvalue weighted by Gasteiger charge is -1.99. The first-order chi connectivity index (χ1) is 8.66. The molecule has 18 heavy (non-hydrogen) atoms. The molecule has 0 atom stereocenters. The molecule has 0 aliphatic rings. The molecule has 1 N–H and O–H groups in total. The van der Waals surface area contributed by atoms with Gasteiger partial charge in [0.2, 0.25) is 0 Å². The molecule has 0 saturated heterocycles. The number of hydrogen-bond acceptors (Lipinski definition) is 3. The van der Waals surface area contributed by atoms with E-state index in [9.17, 15) is 4.79 Å². The Morgan fingerprint density at radius 3 is 2.78 bits per heavy atom. The average molecular weight is 263 g/mol.